The fourth-order valence-corrected chi connectivity index (χ4v) is 3.51. The van der Waals surface area contributed by atoms with Gasteiger partial charge < -0.3 is 29.2 Å². The number of carbonyl (C=O) groups excluding carboxylic acids is 1. The van der Waals surface area contributed by atoms with E-state index in [4.69, 9.17) is 19.0 Å². The minimum atomic E-state index is -0.581. The molecular weight excluding hydrogens is 428 g/mol. The lowest BCUT2D eigenvalue weighted by molar-refractivity contribution is 0.0522. The van der Waals surface area contributed by atoms with Crippen LogP contribution in [0.3, 0.4) is 0 Å². The van der Waals surface area contributed by atoms with Gasteiger partial charge in [0.05, 0.1) is 6.61 Å². The van der Waals surface area contributed by atoms with Crippen molar-refractivity contribution < 1.29 is 34.0 Å². The molecule has 1 aromatic heterocycles. The highest BCUT2D eigenvalue weighted by molar-refractivity contribution is 5.94. The van der Waals surface area contributed by atoms with Crippen LogP contribution in [-0.4, -0.2) is 34.5 Å². The van der Waals surface area contributed by atoms with Gasteiger partial charge in [-0.3, -0.25) is 4.79 Å². The molecule has 4 rings (SSSR count). The van der Waals surface area contributed by atoms with Crippen LogP contribution in [0, 0.1) is 13.8 Å². The lowest BCUT2D eigenvalue weighted by Crippen LogP contribution is -2.06. The molecule has 0 aliphatic carbocycles. The first kappa shape index (κ1) is 23.7. The van der Waals surface area contributed by atoms with Gasteiger partial charge in [0, 0.05) is 23.8 Å². The standard InChI is InChI=1S/C15H14O4.C10H12O4/c1-8-3-4-10-12(18-7-8)6-13-14(15(10)17)11(16)5-9(2)19-13;1-3-14-10(13)9-6(2)4-7(11)5-8(9)12/h3,5-6,17H,4,7H2,1-2H3;4-5,11-12H,3H2,1-2H3. The highest BCUT2D eigenvalue weighted by Gasteiger charge is 2.19. The average molecular weight is 454 g/mol. The number of phenols is 3. The highest BCUT2D eigenvalue weighted by Crippen LogP contribution is 2.37. The smallest absolute Gasteiger partial charge is 0.342 e. The number of aryl methyl sites for hydroxylation is 2. The number of benzene rings is 2. The first-order valence-corrected chi connectivity index (χ1v) is 10.4. The number of esters is 1. The number of allylic oxidation sites excluding steroid dienone is 1. The van der Waals surface area contributed by atoms with Crippen LogP contribution in [0.2, 0.25) is 0 Å². The summed E-state index contributed by atoms with van der Waals surface area (Å²) in [6.45, 7) is 7.70. The molecule has 0 radical (unpaired) electrons. The molecule has 1 aliphatic heterocycles. The van der Waals surface area contributed by atoms with Crippen molar-refractivity contribution in [3.8, 4) is 23.0 Å². The van der Waals surface area contributed by atoms with E-state index in [-0.39, 0.29) is 40.2 Å². The van der Waals surface area contributed by atoms with E-state index < -0.39 is 5.97 Å². The summed E-state index contributed by atoms with van der Waals surface area (Å²) in [5.41, 5.74) is 2.45. The normalized spacial score (nSPS) is 12.5. The number of ether oxygens (including phenoxy) is 2. The van der Waals surface area contributed by atoms with Gasteiger partial charge in [0.15, 0.2) is 5.43 Å². The molecule has 0 unspecified atom stereocenters. The van der Waals surface area contributed by atoms with Crippen LogP contribution < -0.4 is 10.2 Å². The fourth-order valence-electron chi connectivity index (χ4n) is 3.51. The third kappa shape index (κ3) is 5.11. The topological polar surface area (TPSA) is 126 Å². The zero-order valence-corrected chi connectivity index (χ0v) is 18.9. The molecule has 0 fully saturated rings. The Morgan fingerprint density at radius 1 is 1.09 bits per heavy atom. The maximum absolute atomic E-state index is 12.0. The Labute approximate surface area is 190 Å². The van der Waals surface area contributed by atoms with Crippen LogP contribution in [0.5, 0.6) is 23.0 Å². The average Bonchev–Trinajstić information content (AvgIpc) is 2.89. The number of aromatic hydroxyl groups is 3. The van der Waals surface area contributed by atoms with Crippen LogP contribution in [-0.2, 0) is 11.2 Å². The van der Waals surface area contributed by atoms with Crippen molar-refractivity contribution >= 4 is 16.9 Å². The van der Waals surface area contributed by atoms with E-state index >= 15 is 0 Å². The molecule has 1 aliphatic rings. The van der Waals surface area contributed by atoms with Crippen molar-refractivity contribution in [3.63, 3.8) is 0 Å². The van der Waals surface area contributed by atoms with Crippen LogP contribution in [0.1, 0.15) is 41.1 Å². The van der Waals surface area contributed by atoms with Crippen LogP contribution in [0.25, 0.3) is 11.0 Å². The summed E-state index contributed by atoms with van der Waals surface area (Å²) >= 11 is 0. The zero-order chi connectivity index (χ0) is 24.3. The molecule has 2 heterocycles. The van der Waals surface area contributed by atoms with Crippen LogP contribution >= 0.6 is 0 Å². The van der Waals surface area contributed by atoms with Crippen LogP contribution in [0.15, 0.2) is 45.1 Å². The van der Waals surface area contributed by atoms with Gasteiger partial charge in [-0.25, -0.2) is 4.79 Å². The van der Waals surface area contributed by atoms with E-state index in [9.17, 15) is 19.8 Å². The molecule has 33 heavy (non-hydrogen) atoms. The lowest BCUT2D eigenvalue weighted by Gasteiger charge is -2.11. The van der Waals surface area contributed by atoms with E-state index in [1.165, 1.54) is 12.1 Å². The zero-order valence-electron chi connectivity index (χ0n) is 18.9. The summed E-state index contributed by atoms with van der Waals surface area (Å²) in [5.74, 6) is 0.135. The van der Waals surface area contributed by atoms with Crippen molar-refractivity contribution in [2.45, 2.75) is 34.1 Å². The minimum absolute atomic E-state index is 0.0350. The monoisotopic (exact) mass is 454 g/mol. The maximum atomic E-state index is 12.0. The Kier molecular flexibility index (Phi) is 6.96. The SMILES string of the molecule is CC1=CCc2c(cc3oc(C)cc(=O)c3c2O)OC1.CCOC(=O)c1c(C)cc(O)cc1O. The second-order valence-corrected chi connectivity index (χ2v) is 7.72. The van der Waals surface area contributed by atoms with E-state index in [0.717, 1.165) is 11.6 Å². The second-order valence-electron chi connectivity index (χ2n) is 7.72. The van der Waals surface area contributed by atoms with E-state index in [1.807, 2.05) is 13.0 Å². The second kappa shape index (κ2) is 9.68. The van der Waals surface area contributed by atoms with E-state index in [1.54, 1.807) is 26.8 Å². The number of hydrogen-bond donors (Lipinski definition) is 3. The Morgan fingerprint density at radius 3 is 2.48 bits per heavy atom. The molecular formula is C25H26O8. The Morgan fingerprint density at radius 2 is 1.82 bits per heavy atom. The van der Waals surface area contributed by atoms with Gasteiger partial charge in [-0.2, -0.15) is 0 Å². The number of fused-ring (bicyclic) bond motifs is 2. The number of hydrogen-bond acceptors (Lipinski definition) is 8. The molecule has 8 heteroatoms. The highest BCUT2D eigenvalue weighted by atomic mass is 16.5. The van der Waals surface area contributed by atoms with Crippen molar-refractivity contribution in [1.29, 1.82) is 0 Å². The molecule has 3 N–H and O–H groups in total. The molecule has 0 atom stereocenters. The summed E-state index contributed by atoms with van der Waals surface area (Å²) in [6.07, 6.45) is 2.55. The molecule has 0 bridgehead atoms. The summed E-state index contributed by atoms with van der Waals surface area (Å²) < 4.78 is 15.9. The van der Waals surface area contributed by atoms with Gasteiger partial charge >= 0.3 is 5.97 Å². The first-order valence-electron chi connectivity index (χ1n) is 10.4. The van der Waals surface area contributed by atoms with Crippen molar-refractivity contribution in [2.75, 3.05) is 13.2 Å². The van der Waals surface area contributed by atoms with E-state index in [0.29, 0.717) is 41.2 Å². The van der Waals surface area contributed by atoms with Crippen molar-refractivity contribution in [2.24, 2.45) is 0 Å². The van der Waals surface area contributed by atoms with Gasteiger partial charge in [0.2, 0.25) is 0 Å². The lowest BCUT2D eigenvalue weighted by atomic mass is 10.0. The quantitative estimate of drug-likeness (QED) is 0.387. The van der Waals surface area contributed by atoms with Crippen LogP contribution in [0.4, 0.5) is 0 Å². The molecule has 0 spiro atoms. The predicted molar refractivity (Wildman–Crippen MR) is 122 cm³/mol. The van der Waals surface area contributed by atoms with Gasteiger partial charge in [-0.15, -0.1) is 0 Å². The number of rotatable bonds is 2. The summed E-state index contributed by atoms with van der Waals surface area (Å²) in [7, 11) is 0. The third-order valence-electron chi connectivity index (χ3n) is 5.07. The molecule has 0 saturated heterocycles. The Bertz CT molecular complexity index is 1280. The first-order chi connectivity index (χ1) is 15.6. The summed E-state index contributed by atoms with van der Waals surface area (Å²) in [6, 6.07) is 5.57. The molecule has 0 amide bonds. The fraction of sp³-hybridized carbons (Fsp3) is 0.280. The van der Waals surface area contributed by atoms with E-state index in [2.05, 4.69) is 0 Å². The molecule has 3 aromatic rings. The van der Waals surface area contributed by atoms with Gasteiger partial charge in [-0.05, 0) is 51.3 Å². The number of carbonyl (C=O) groups is 1. The summed E-state index contributed by atoms with van der Waals surface area (Å²) in [5, 5.41) is 29.1. The van der Waals surface area contributed by atoms with Crippen molar-refractivity contribution in [1.82, 2.24) is 0 Å². The molecule has 8 nitrogen and oxygen atoms in total. The van der Waals surface area contributed by atoms with Crippen molar-refractivity contribution in [3.05, 3.63) is 68.6 Å². The Hall–Kier alpha value is -3.94. The van der Waals surface area contributed by atoms with Gasteiger partial charge in [-0.1, -0.05) is 6.08 Å². The Balaban J connectivity index is 0.000000196. The largest absolute Gasteiger partial charge is 0.508 e. The summed E-state index contributed by atoms with van der Waals surface area (Å²) in [4.78, 5) is 23.3. The minimum Gasteiger partial charge on any atom is -0.508 e. The number of phenolic OH excluding ortho intramolecular Hbond substituents is 3. The molecule has 0 saturated carbocycles. The maximum Gasteiger partial charge on any atom is 0.342 e. The third-order valence-corrected chi connectivity index (χ3v) is 5.07. The molecule has 174 valence electrons. The predicted octanol–water partition coefficient (Wildman–Crippen LogP) is 4.27. The van der Waals surface area contributed by atoms with Gasteiger partial charge in [0.1, 0.15) is 51.9 Å². The molecule has 2 aromatic carbocycles. The van der Waals surface area contributed by atoms with Gasteiger partial charge in [0.25, 0.3) is 0 Å².